The summed E-state index contributed by atoms with van der Waals surface area (Å²) in [5, 5.41) is 8.16. The van der Waals surface area contributed by atoms with Gasteiger partial charge in [-0.15, -0.1) is 11.3 Å². The molecule has 4 heteroatoms. The average Bonchev–Trinajstić information content (AvgIpc) is 2.77. The molecule has 2 N–H and O–H groups in total. The van der Waals surface area contributed by atoms with Gasteiger partial charge in [0.25, 0.3) is 0 Å². The molecule has 1 heterocycles. The quantitative estimate of drug-likeness (QED) is 0.750. The first-order valence-electron chi connectivity index (χ1n) is 6.58. The van der Waals surface area contributed by atoms with Crippen molar-refractivity contribution in [1.82, 2.24) is 15.6 Å². The standard InChI is InChI=1S/C13H25N3S/c1-5-12-9-16-13(17-12)11(4)15-8-7-10(3)14-6-2/h9-11,14-15H,5-8H2,1-4H3. The lowest BCUT2D eigenvalue weighted by Crippen LogP contribution is -2.30. The molecule has 0 aromatic carbocycles. The first kappa shape index (κ1) is 14.6. The Morgan fingerprint density at radius 1 is 1.29 bits per heavy atom. The van der Waals surface area contributed by atoms with Gasteiger partial charge in [0.15, 0.2) is 0 Å². The summed E-state index contributed by atoms with van der Waals surface area (Å²) >= 11 is 1.82. The minimum atomic E-state index is 0.370. The van der Waals surface area contributed by atoms with Crippen LogP contribution < -0.4 is 10.6 Å². The molecule has 3 nitrogen and oxygen atoms in total. The zero-order valence-electron chi connectivity index (χ0n) is 11.4. The van der Waals surface area contributed by atoms with Crippen LogP contribution in [0.15, 0.2) is 6.20 Å². The van der Waals surface area contributed by atoms with Gasteiger partial charge in [0.1, 0.15) is 5.01 Å². The van der Waals surface area contributed by atoms with E-state index in [1.54, 1.807) is 0 Å². The van der Waals surface area contributed by atoms with E-state index in [0.717, 1.165) is 25.9 Å². The molecule has 2 atom stereocenters. The second-order valence-corrected chi connectivity index (χ2v) is 5.59. The van der Waals surface area contributed by atoms with Crippen molar-refractivity contribution in [2.45, 2.75) is 52.6 Å². The van der Waals surface area contributed by atoms with Crippen LogP contribution in [0.5, 0.6) is 0 Å². The normalized spacial score (nSPS) is 14.8. The molecular weight excluding hydrogens is 230 g/mol. The molecule has 0 saturated carbocycles. The molecule has 0 bridgehead atoms. The van der Waals surface area contributed by atoms with Crippen molar-refractivity contribution in [2.24, 2.45) is 0 Å². The highest BCUT2D eigenvalue weighted by Gasteiger charge is 2.09. The van der Waals surface area contributed by atoms with Crippen molar-refractivity contribution in [3.63, 3.8) is 0 Å². The second kappa shape index (κ2) is 7.80. The van der Waals surface area contributed by atoms with E-state index in [9.17, 15) is 0 Å². The van der Waals surface area contributed by atoms with E-state index in [2.05, 4.69) is 43.3 Å². The summed E-state index contributed by atoms with van der Waals surface area (Å²) in [5.41, 5.74) is 0. The third kappa shape index (κ3) is 5.15. The summed E-state index contributed by atoms with van der Waals surface area (Å²) in [4.78, 5) is 5.83. The third-order valence-corrected chi connectivity index (χ3v) is 4.20. The number of nitrogens with one attached hydrogen (secondary N) is 2. The Morgan fingerprint density at radius 2 is 2.06 bits per heavy atom. The van der Waals surface area contributed by atoms with Crippen LogP contribution in [0.25, 0.3) is 0 Å². The van der Waals surface area contributed by atoms with Crippen molar-refractivity contribution in [3.8, 4) is 0 Å². The van der Waals surface area contributed by atoms with Crippen molar-refractivity contribution < 1.29 is 0 Å². The number of hydrogen-bond donors (Lipinski definition) is 2. The number of thiazole rings is 1. The van der Waals surface area contributed by atoms with Gasteiger partial charge in [-0.2, -0.15) is 0 Å². The molecule has 0 radical (unpaired) electrons. The maximum Gasteiger partial charge on any atom is 0.109 e. The van der Waals surface area contributed by atoms with Gasteiger partial charge in [-0.25, -0.2) is 4.98 Å². The number of aryl methyl sites for hydroxylation is 1. The van der Waals surface area contributed by atoms with Crippen LogP contribution in [0.1, 0.15) is 50.0 Å². The number of aromatic nitrogens is 1. The number of nitrogens with zero attached hydrogens (tertiary/aromatic N) is 1. The number of rotatable bonds is 8. The van der Waals surface area contributed by atoms with Gasteiger partial charge < -0.3 is 10.6 Å². The first-order valence-corrected chi connectivity index (χ1v) is 7.40. The van der Waals surface area contributed by atoms with E-state index < -0.39 is 0 Å². The molecule has 0 aliphatic carbocycles. The van der Waals surface area contributed by atoms with Crippen LogP contribution in [0, 0.1) is 0 Å². The van der Waals surface area contributed by atoms with Crippen molar-refractivity contribution in [2.75, 3.05) is 13.1 Å². The van der Waals surface area contributed by atoms with Gasteiger partial charge in [-0.1, -0.05) is 13.8 Å². The summed E-state index contributed by atoms with van der Waals surface area (Å²) < 4.78 is 0. The lowest BCUT2D eigenvalue weighted by atomic mass is 10.2. The molecule has 1 aromatic rings. The Morgan fingerprint density at radius 3 is 2.65 bits per heavy atom. The molecule has 0 amide bonds. The largest absolute Gasteiger partial charge is 0.314 e. The Hall–Kier alpha value is -0.450. The molecular formula is C13H25N3S. The highest BCUT2D eigenvalue weighted by atomic mass is 32.1. The summed E-state index contributed by atoms with van der Waals surface area (Å²) in [6.45, 7) is 10.8. The van der Waals surface area contributed by atoms with E-state index in [1.165, 1.54) is 9.88 Å². The second-order valence-electron chi connectivity index (χ2n) is 4.44. The molecule has 0 spiro atoms. The van der Waals surface area contributed by atoms with Crippen LogP contribution >= 0.6 is 11.3 Å². The Bertz CT molecular complexity index is 311. The van der Waals surface area contributed by atoms with Crippen molar-refractivity contribution >= 4 is 11.3 Å². The average molecular weight is 255 g/mol. The SMILES string of the molecule is CCNC(C)CCNC(C)c1ncc(CC)s1. The van der Waals surface area contributed by atoms with Crippen LogP contribution in [-0.4, -0.2) is 24.1 Å². The highest BCUT2D eigenvalue weighted by Crippen LogP contribution is 2.19. The summed E-state index contributed by atoms with van der Waals surface area (Å²) in [5.74, 6) is 0. The lowest BCUT2D eigenvalue weighted by molar-refractivity contribution is 0.478. The Kier molecular flexibility index (Phi) is 6.70. The molecule has 0 aliphatic heterocycles. The van der Waals surface area contributed by atoms with E-state index in [0.29, 0.717) is 12.1 Å². The van der Waals surface area contributed by atoms with Gasteiger partial charge in [0.05, 0.1) is 6.04 Å². The van der Waals surface area contributed by atoms with Crippen LogP contribution in [0.4, 0.5) is 0 Å². The van der Waals surface area contributed by atoms with Gasteiger partial charge in [0.2, 0.25) is 0 Å². The van der Waals surface area contributed by atoms with Crippen molar-refractivity contribution in [3.05, 3.63) is 16.1 Å². The van der Waals surface area contributed by atoms with E-state index >= 15 is 0 Å². The van der Waals surface area contributed by atoms with Crippen molar-refractivity contribution in [1.29, 1.82) is 0 Å². The zero-order chi connectivity index (χ0) is 12.7. The fourth-order valence-electron chi connectivity index (χ4n) is 1.74. The molecule has 98 valence electrons. The Labute approximate surface area is 109 Å². The van der Waals surface area contributed by atoms with E-state index in [1.807, 2.05) is 17.5 Å². The third-order valence-electron chi connectivity index (χ3n) is 2.87. The summed E-state index contributed by atoms with van der Waals surface area (Å²) in [6, 6.07) is 0.955. The summed E-state index contributed by atoms with van der Waals surface area (Å²) in [7, 11) is 0. The summed E-state index contributed by atoms with van der Waals surface area (Å²) in [6.07, 6.45) is 4.24. The maximum atomic E-state index is 4.46. The minimum absolute atomic E-state index is 0.370. The first-order chi connectivity index (χ1) is 8.17. The lowest BCUT2D eigenvalue weighted by Gasteiger charge is -2.15. The molecule has 1 rings (SSSR count). The van der Waals surface area contributed by atoms with Gasteiger partial charge >= 0.3 is 0 Å². The smallest absolute Gasteiger partial charge is 0.109 e. The predicted octanol–water partition coefficient (Wildman–Crippen LogP) is 2.74. The number of hydrogen-bond acceptors (Lipinski definition) is 4. The molecule has 0 fully saturated rings. The van der Waals surface area contributed by atoms with Gasteiger partial charge in [0, 0.05) is 17.1 Å². The molecule has 0 saturated heterocycles. The monoisotopic (exact) mass is 255 g/mol. The van der Waals surface area contributed by atoms with Crippen LogP contribution in [0.2, 0.25) is 0 Å². The van der Waals surface area contributed by atoms with Crippen LogP contribution in [0.3, 0.4) is 0 Å². The van der Waals surface area contributed by atoms with Crippen LogP contribution in [-0.2, 0) is 6.42 Å². The zero-order valence-corrected chi connectivity index (χ0v) is 12.2. The maximum absolute atomic E-state index is 4.46. The van der Waals surface area contributed by atoms with E-state index in [-0.39, 0.29) is 0 Å². The molecule has 17 heavy (non-hydrogen) atoms. The molecule has 1 aromatic heterocycles. The van der Waals surface area contributed by atoms with Gasteiger partial charge in [-0.05, 0) is 39.8 Å². The fourth-order valence-corrected chi connectivity index (χ4v) is 2.62. The molecule has 2 unspecified atom stereocenters. The topological polar surface area (TPSA) is 37.0 Å². The fraction of sp³-hybridized carbons (Fsp3) is 0.769. The van der Waals surface area contributed by atoms with E-state index in [4.69, 9.17) is 0 Å². The predicted molar refractivity (Wildman–Crippen MR) is 75.7 cm³/mol. The molecule has 0 aliphatic rings. The minimum Gasteiger partial charge on any atom is -0.314 e. The van der Waals surface area contributed by atoms with Gasteiger partial charge in [-0.3, -0.25) is 0 Å². The highest BCUT2D eigenvalue weighted by molar-refractivity contribution is 7.11. The Balaban J connectivity index is 2.27.